The van der Waals surface area contributed by atoms with Gasteiger partial charge in [-0.15, -0.1) is 0 Å². The first kappa shape index (κ1) is 14.3. The largest absolute Gasteiger partial charge is 0.344 e. The first-order valence-electron chi connectivity index (χ1n) is 7.14. The van der Waals surface area contributed by atoms with E-state index >= 15 is 0 Å². The van der Waals surface area contributed by atoms with Gasteiger partial charge in [0.1, 0.15) is 0 Å². The van der Waals surface area contributed by atoms with Crippen molar-refractivity contribution in [2.45, 2.75) is 52.6 Å². The molecule has 106 valence electrons. The van der Waals surface area contributed by atoms with Crippen LogP contribution in [0.1, 0.15) is 44.9 Å². The van der Waals surface area contributed by atoms with Crippen LogP contribution in [0, 0.1) is 12.8 Å². The third-order valence-corrected chi connectivity index (χ3v) is 3.45. The number of hydrogen-bond acceptors (Lipinski definition) is 4. The fraction of sp³-hybridized carbons (Fsp3) is 0.733. The Labute approximate surface area is 116 Å². The Morgan fingerprint density at radius 1 is 1.37 bits per heavy atom. The van der Waals surface area contributed by atoms with Crippen LogP contribution in [0.4, 0.5) is 5.95 Å². The second-order valence-corrected chi connectivity index (χ2v) is 6.71. The van der Waals surface area contributed by atoms with E-state index in [1.54, 1.807) is 0 Å². The van der Waals surface area contributed by atoms with Gasteiger partial charge in [-0.2, -0.15) is 0 Å². The number of anilines is 1. The third-order valence-electron chi connectivity index (χ3n) is 3.45. The lowest BCUT2D eigenvalue weighted by Gasteiger charge is -2.22. The summed E-state index contributed by atoms with van der Waals surface area (Å²) in [6.45, 7) is 10.5. The molecule has 0 saturated heterocycles. The lowest BCUT2D eigenvalue weighted by molar-refractivity contribution is 0.423. The molecular weight excluding hydrogens is 236 g/mol. The molecule has 1 aliphatic rings. The van der Waals surface area contributed by atoms with Gasteiger partial charge < -0.3 is 10.2 Å². The highest BCUT2D eigenvalue weighted by Crippen LogP contribution is 2.30. The second-order valence-electron chi connectivity index (χ2n) is 6.71. The number of nitrogens with one attached hydrogen (secondary N) is 1. The Balaban J connectivity index is 1.99. The van der Waals surface area contributed by atoms with E-state index in [-0.39, 0.29) is 5.54 Å². The summed E-state index contributed by atoms with van der Waals surface area (Å²) < 4.78 is 0. The van der Waals surface area contributed by atoms with Gasteiger partial charge in [0.25, 0.3) is 0 Å². The fourth-order valence-electron chi connectivity index (χ4n) is 1.97. The Kier molecular flexibility index (Phi) is 4.09. The number of aryl methyl sites for hydroxylation is 1. The van der Waals surface area contributed by atoms with Gasteiger partial charge in [0.15, 0.2) is 0 Å². The van der Waals surface area contributed by atoms with Crippen molar-refractivity contribution in [1.29, 1.82) is 0 Å². The molecule has 4 nitrogen and oxygen atoms in total. The molecule has 1 aliphatic carbocycles. The maximum atomic E-state index is 4.63. The predicted octanol–water partition coefficient (Wildman–Crippen LogP) is 2.52. The first-order valence-corrected chi connectivity index (χ1v) is 7.14. The molecule has 0 amide bonds. The quantitative estimate of drug-likeness (QED) is 0.885. The molecule has 4 heteroatoms. The molecule has 1 aromatic heterocycles. The van der Waals surface area contributed by atoms with Crippen LogP contribution in [0.3, 0.4) is 0 Å². The first-order chi connectivity index (χ1) is 8.85. The third kappa shape index (κ3) is 4.46. The summed E-state index contributed by atoms with van der Waals surface area (Å²) in [5, 5.41) is 3.48. The van der Waals surface area contributed by atoms with E-state index in [1.807, 2.05) is 6.20 Å². The Morgan fingerprint density at radius 3 is 2.58 bits per heavy atom. The highest BCUT2D eigenvalue weighted by molar-refractivity contribution is 5.32. The van der Waals surface area contributed by atoms with Crippen LogP contribution in [0.25, 0.3) is 0 Å². The summed E-state index contributed by atoms with van der Waals surface area (Å²) in [7, 11) is 2.08. The van der Waals surface area contributed by atoms with Crippen molar-refractivity contribution in [1.82, 2.24) is 15.3 Å². The van der Waals surface area contributed by atoms with Crippen LogP contribution in [0.15, 0.2) is 6.20 Å². The minimum absolute atomic E-state index is 0.119. The van der Waals surface area contributed by atoms with Gasteiger partial charge in [0.05, 0.1) is 0 Å². The lowest BCUT2D eigenvalue weighted by atomic mass is 10.1. The predicted molar refractivity (Wildman–Crippen MR) is 79.4 cm³/mol. The molecule has 0 radical (unpaired) electrons. The van der Waals surface area contributed by atoms with Crippen LogP contribution in [0.5, 0.6) is 0 Å². The smallest absolute Gasteiger partial charge is 0.225 e. The van der Waals surface area contributed by atoms with Gasteiger partial charge in [-0.25, -0.2) is 9.97 Å². The fourth-order valence-corrected chi connectivity index (χ4v) is 1.97. The van der Waals surface area contributed by atoms with Crippen molar-refractivity contribution in [2.24, 2.45) is 5.92 Å². The molecule has 0 atom stereocenters. The minimum atomic E-state index is 0.119. The number of rotatable bonds is 5. The summed E-state index contributed by atoms with van der Waals surface area (Å²) in [5.41, 5.74) is 2.37. The zero-order chi connectivity index (χ0) is 14.0. The van der Waals surface area contributed by atoms with Crippen molar-refractivity contribution in [3.63, 3.8) is 0 Å². The number of hydrogen-bond donors (Lipinski definition) is 1. The zero-order valence-corrected chi connectivity index (χ0v) is 12.8. The summed E-state index contributed by atoms with van der Waals surface area (Å²) in [6, 6.07) is 0. The van der Waals surface area contributed by atoms with Crippen LogP contribution < -0.4 is 10.2 Å². The van der Waals surface area contributed by atoms with Gasteiger partial charge in [0, 0.05) is 43.1 Å². The SMILES string of the molecule is Cc1nc(N(C)CC2CC2)ncc1CNC(C)(C)C. The summed E-state index contributed by atoms with van der Waals surface area (Å²) in [5.74, 6) is 1.71. The summed E-state index contributed by atoms with van der Waals surface area (Å²) in [4.78, 5) is 11.3. The highest BCUT2D eigenvalue weighted by Gasteiger charge is 2.24. The molecule has 2 rings (SSSR count). The molecule has 1 fully saturated rings. The van der Waals surface area contributed by atoms with Gasteiger partial charge in [-0.1, -0.05) is 0 Å². The molecule has 0 aromatic carbocycles. The summed E-state index contributed by atoms with van der Waals surface area (Å²) >= 11 is 0. The monoisotopic (exact) mass is 262 g/mol. The molecule has 0 bridgehead atoms. The normalized spacial score (nSPS) is 15.6. The average molecular weight is 262 g/mol. The van der Waals surface area contributed by atoms with Crippen LogP contribution >= 0.6 is 0 Å². The molecule has 1 heterocycles. The van der Waals surface area contributed by atoms with Crippen LogP contribution in [-0.2, 0) is 6.54 Å². The van der Waals surface area contributed by atoms with E-state index in [9.17, 15) is 0 Å². The molecule has 1 saturated carbocycles. The molecule has 1 N–H and O–H groups in total. The topological polar surface area (TPSA) is 41.1 Å². The average Bonchev–Trinajstić information content (AvgIpc) is 3.10. The van der Waals surface area contributed by atoms with Crippen molar-refractivity contribution >= 4 is 5.95 Å². The van der Waals surface area contributed by atoms with E-state index in [4.69, 9.17) is 0 Å². The Hall–Kier alpha value is -1.16. The van der Waals surface area contributed by atoms with E-state index in [0.29, 0.717) is 0 Å². The van der Waals surface area contributed by atoms with E-state index in [0.717, 1.165) is 30.6 Å². The van der Waals surface area contributed by atoms with Crippen molar-refractivity contribution in [3.05, 3.63) is 17.5 Å². The Bertz CT molecular complexity index is 432. The standard InChI is InChI=1S/C15H26N4/c1-11-13(9-17-15(2,3)4)8-16-14(18-11)19(5)10-12-6-7-12/h8,12,17H,6-7,9-10H2,1-5H3. The molecule has 0 spiro atoms. The minimum Gasteiger partial charge on any atom is -0.344 e. The molecule has 0 unspecified atom stereocenters. The van der Waals surface area contributed by atoms with Crippen LogP contribution in [0.2, 0.25) is 0 Å². The van der Waals surface area contributed by atoms with Gasteiger partial charge in [-0.05, 0) is 46.5 Å². The zero-order valence-electron chi connectivity index (χ0n) is 12.8. The summed E-state index contributed by atoms with van der Waals surface area (Å²) in [6.07, 6.45) is 4.67. The van der Waals surface area contributed by atoms with Crippen molar-refractivity contribution in [2.75, 3.05) is 18.5 Å². The van der Waals surface area contributed by atoms with Gasteiger partial charge in [-0.3, -0.25) is 0 Å². The maximum absolute atomic E-state index is 4.63. The second kappa shape index (κ2) is 5.45. The number of nitrogens with zero attached hydrogens (tertiary/aromatic N) is 3. The van der Waals surface area contributed by atoms with E-state index < -0.39 is 0 Å². The van der Waals surface area contributed by atoms with Crippen LogP contribution in [-0.4, -0.2) is 29.1 Å². The van der Waals surface area contributed by atoms with E-state index in [1.165, 1.54) is 18.4 Å². The highest BCUT2D eigenvalue weighted by atomic mass is 15.2. The molecular formula is C15H26N4. The molecule has 19 heavy (non-hydrogen) atoms. The molecule has 1 aromatic rings. The van der Waals surface area contributed by atoms with Gasteiger partial charge >= 0.3 is 0 Å². The van der Waals surface area contributed by atoms with E-state index in [2.05, 4.69) is 54.9 Å². The maximum Gasteiger partial charge on any atom is 0.225 e. The van der Waals surface area contributed by atoms with Crippen molar-refractivity contribution < 1.29 is 0 Å². The Morgan fingerprint density at radius 2 is 2.05 bits per heavy atom. The molecule has 0 aliphatic heterocycles. The number of aromatic nitrogens is 2. The van der Waals surface area contributed by atoms with Gasteiger partial charge in [0.2, 0.25) is 5.95 Å². The lowest BCUT2D eigenvalue weighted by Crippen LogP contribution is -2.35. The van der Waals surface area contributed by atoms with Crippen molar-refractivity contribution in [3.8, 4) is 0 Å².